The van der Waals surface area contributed by atoms with Crippen LogP contribution in [0.1, 0.15) is 0 Å². The number of halogens is 1. The number of methoxy groups -OCH3 is 1. The second-order valence-electron chi connectivity index (χ2n) is 2.43. The first-order valence-electron chi connectivity index (χ1n) is 3.94. The van der Waals surface area contributed by atoms with Crippen LogP contribution in [0.4, 0.5) is 0 Å². The molecule has 0 fully saturated rings. The van der Waals surface area contributed by atoms with E-state index in [9.17, 15) is 0 Å². The number of benzene rings is 1. The van der Waals surface area contributed by atoms with Crippen LogP contribution in [-0.4, -0.2) is 20.3 Å². The highest BCUT2D eigenvalue weighted by Gasteiger charge is 2.01. The van der Waals surface area contributed by atoms with Gasteiger partial charge in [-0.3, -0.25) is 0 Å². The van der Waals surface area contributed by atoms with E-state index >= 15 is 0 Å². The number of hydrogen-bond acceptors (Lipinski definition) is 3. The maximum atomic E-state index is 5.36. The molecule has 13 heavy (non-hydrogen) atoms. The van der Waals surface area contributed by atoms with Crippen molar-refractivity contribution in [2.75, 3.05) is 20.3 Å². The van der Waals surface area contributed by atoms with Gasteiger partial charge >= 0.3 is 0 Å². The van der Waals surface area contributed by atoms with Crippen LogP contribution in [0.5, 0.6) is 11.5 Å². The normalized spacial score (nSPS) is 9.77. The lowest BCUT2D eigenvalue weighted by atomic mass is 10.3. The fraction of sp³-hybridized carbons (Fsp3) is 0.333. The van der Waals surface area contributed by atoms with Crippen LogP contribution in [0, 0.1) is 0 Å². The van der Waals surface area contributed by atoms with Gasteiger partial charge in [0, 0.05) is 6.54 Å². The highest BCUT2D eigenvalue weighted by Crippen LogP contribution is 2.28. The van der Waals surface area contributed by atoms with Crippen LogP contribution in [0.2, 0.25) is 0 Å². The zero-order valence-corrected chi connectivity index (χ0v) is 9.00. The molecule has 0 aliphatic rings. The summed E-state index contributed by atoms with van der Waals surface area (Å²) < 4.78 is 11.3. The lowest BCUT2D eigenvalue weighted by Crippen LogP contribution is -2.10. The molecule has 0 unspecified atom stereocenters. The minimum absolute atomic E-state index is 0.512. The number of hydrogen-bond donors (Lipinski definition) is 1. The minimum Gasteiger partial charge on any atom is -0.497 e. The van der Waals surface area contributed by atoms with Gasteiger partial charge in [0.05, 0.1) is 11.6 Å². The molecule has 0 amide bonds. The maximum Gasteiger partial charge on any atom is 0.133 e. The second-order valence-corrected chi connectivity index (χ2v) is 3.29. The van der Waals surface area contributed by atoms with Crippen LogP contribution >= 0.6 is 15.9 Å². The number of nitrogens with two attached hydrogens (primary N) is 1. The summed E-state index contributed by atoms with van der Waals surface area (Å²) in [7, 11) is 1.63. The van der Waals surface area contributed by atoms with Gasteiger partial charge in [-0.25, -0.2) is 0 Å². The molecule has 0 aliphatic heterocycles. The average molecular weight is 246 g/mol. The van der Waals surface area contributed by atoms with Gasteiger partial charge in [0.25, 0.3) is 0 Å². The van der Waals surface area contributed by atoms with E-state index in [-0.39, 0.29) is 0 Å². The molecule has 0 saturated heterocycles. The molecule has 0 heterocycles. The van der Waals surface area contributed by atoms with Gasteiger partial charge in [-0.2, -0.15) is 0 Å². The molecule has 0 aliphatic carbocycles. The second kappa shape index (κ2) is 5.09. The summed E-state index contributed by atoms with van der Waals surface area (Å²) in [6.07, 6.45) is 0. The largest absolute Gasteiger partial charge is 0.497 e. The summed E-state index contributed by atoms with van der Waals surface area (Å²) in [5.74, 6) is 1.58. The third-order valence-corrected chi connectivity index (χ3v) is 2.13. The predicted octanol–water partition coefficient (Wildman–Crippen LogP) is 1.80. The summed E-state index contributed by atoms with van der Waals surface area (Å²) in [6, 6.07) is 5.54. The Morgan fingerprint density at radius 2 is 2.23 bits per heavy atom. The molecule has 0 atom stereocenters. The first kappa shape index (κ1) is 10.3. The van der Waals surface area contributed by atoms with E-state index < -0.39 is 0 Å². The van der Waals surface area contributed by atoms with Gasteiger partial charge in [-0.15, -0.1) is 0 Å². The van der Waals surface area contributed by atoms with Gasteiger partial charge in [0.15, 0.2) is 0 Å². The van der Waals surface area contributed by atoms with E-state index in [4.69, 9.17) is 15.2 Å². The molecule has 2 N–H and O–H groups in total. The van der Waals surface area contributed by atoms with E-state index in [1.165, 1.54) is 0 Å². The molecule has 3 nitrogen and oxygen atoms in total. The molecular weight excluding hydrogens is 234 g/mol. The van der Waals surface area contributed by atoms with Crippen molar-refractivity contribution in [1.82, 2.24) is 0 Å². The van der Waals surface area contributed by atoms with Crippen LogP contribution in [0.15, 0.2) is 22.7 Å². The first-order chi connectivity index (χ1) is 6.27. The number of rotatable bonds is 4. The van der Waals surface area contributed by atoms with Crippen molar-refractivity contribution in [3.63, 3.8) is 0 Å². The predicted molar refractivity (Wildman–Crippen MR) is 55.2 cm³/mol. The van der Waals surface area contributed by atoms with E-state index in [2.05, 4.69) is 15.9 Å². The van der Waals surface area contributed by atoms with Crippen molar-refractivity contribution in [3.8, 4) is 11.5 Å². The molecular formula is C9H12BrNO2. The third kappa shape index (κ3) is 2.90. The topological polar surface area (TPSA) is 44.5 Å². The van der Waals surface area contributed by atoms with Gasteiger partial charge in [-0.05, 0) is 34.1 Å². The Hall–Kier alpha value is -0.740. The van der Waals surface area contributed by atoms with Crippen molar-refractivity contribution in [1.29, 1.82) is 0 Å². The lowest BCUT2D eigenvalue weighted by Gasteiger charge is -2.07. The molecule has 1 aromatic carbocycles. The number of ether oxygens (including phenoxy) is 2. The molecule has 1 rings (SSSR count). The van der Waals surface area contributed by atoms with E-state index in [0.29, 0.717) is 13.2 Å². The monoisotopic (exact) mass is 245 g/mol. The van der Waals surface area contributed by atoms with E-state index in [1.807, 2.05) is 18.2 Å². The van der Waals surface area contributed by atoms with Crippen LogP contribution < -0.4 is 15.2 Å². The van der Waals surface area contributed by atoms with Crippen molar-refractivity contribution in [3.05, 3.63) is 22.7 Å². The van der Waals surface area contributed by atoms with E-state index in [0.717, 1.165) is 16.0 Å². The quantitative estimate of drug-likeness (QED) is 0.880. The zero-order chi connectivity index (χ0) is 9.68. The standard InChI is InChI=1S/C9H12BrNO2/c1-12-7-2-3-9(8(10)6-7)13-5-4-11/h2-3,6H,4-5,11H2,1H3. The Morgan fingerprint density at radius 1 is 1.46 bits per heavy atom. The lowest BCUT2D eigenvalue weighted by molar-refractivity contribution is 0.325. The Bertz CT molecular complexity index is 278. The molecule has 0 bridgehead atoms. The molecule has 72 valence electrons. The Balaban J connectivity index is 2.73. The minimum atomic E-state index is 0.512. The van der Waals surface area contributed by atoms with Gasteiger partial charge in [-0.1, -0.05) is 0 Å². The summed E-state index contributed by atoms with van der Waals surface area (Å²) in [5.41, 5.74) is 5.32. The van der Waals surface area contributed by atoms with Crippen molar-refractivity contribution in [2.24, 2.45) is 5.73 Å². The SMILES string of the molecule is COc1ccc(OCCN)c(Br)c1. The average Bonchev–Trinajstić information content (AvgIpc) is 2.16. The van der Waals surface area contributed by atoms with Crippen LogP contribution in [-0.2, 0) is 0 Å². The Labute approximate surface area is 86.0 Å². The highest BCUT2D eigenvalue weighted by molar-refractivity contribution is 9.10. The van der Waals surface area contributed by atoms with Crippen LogP contribution in [0.25, 0.3) is 0 Å². The Kier molecular flexibility index (Phi) is 4.05. The first-order valence-corrected chi connectivity index (χ1v) is 4.73. The van der Waals surface area contributed by atoms with Crippen molar-refractivity contribution in [2.45, 2.75) is 0 Å². The van der Waals surface area contributed by atoms with Gasteiger partial charge in [0.2, 0.25) is 0 Å². The molecule has 1 aromatic rings. The zero-order valence-electron chi connectivity index (χ0n) is 7.42. The molecule has 4 heteroatoms. The highest BCUT2D eigenvalue weighted by atomic mass is 79.9. The van der Waals surface area contributed by atoms with Gasteiger partial charge in [0.1, 0.15) is 18.1 Å². The fourth-order valence-electron chi connectivity index (χ4n) is 0.894. The summed E-state index contributed by atoms with van der Waals surface area (Å²) in [4.78, 5) is 0. The molecule has 0 aromatic heterocycles. The summed E-state index contributed by atoms with van der Waals surface area (Å²) in [5, 5.41) is 0. The summed E-state index contributed by atoms with van der Waals surface area (Å²) in [6.45, 7) is 1.03. The fourth-order valence-corrected chi connectivity index (χ4v) is 1.37. The van der Waals surface area contributed by atoms with Crippen molar-refractivity contribution >= 4 is 15.9 Å². The third-order valence-electron chi connectivity index (χ3n) is 1.51. The van der Waals surface area contributed by atoms with Crippen LogP contribution in [0.3, 0.4) is 0 Å². The van der Waals surface area contributed by atoms with Crippen molar-refractivity contribution < 1.29 is 9.47 Å². The smallest absolute Gasteiger partial charge is 0.133 e. The Morgan fingerprint density at radius 3 is 2.77 bits per heavy atom. The maximum absolute atomic E-state index is 5.36. The van der Waals surface area contributed by atoms with E-state index in [1.54, 1.807) is 7.11 Å². The summed E-state index contributed by atoms with van der Waals surface area (Å²) >= 11 is 3.37. The molecule has 0 saturated carbocycles. The molecule has 0 radical (unpaired) electrons. The molecule has 0 spiro atoms. The van der Waals surface area contributed by atoms with Gasteiger partial charge < -0.3 is 15.2 Å².